The third-order valence-electron chi connectivity index (χ3n) is 11.6. The summed E-state index contributed by atoms with van der Waals surface area (Å²) >= 11 is 1.77. The van der Waals surface area contributed by atoms with Crippen LogP contribution >= 0.6 is 11.3 Å². The SMILES string of the molecule is C=CC1=C(/C=C\C)c2ccc(-n3c4ccc(-c5ccc6sc(C=C)c(C=C)c6c5)cc4c4c5cccc6c5c(cc43)-c3ccccc3-6)cc2C1(C)C. The molecule has 0 amide bonds. The van der Waals surface area contributed by atoms with Crippen molar-refractivity contribution in [2.45, 2.75) is 26.2 Å². The first-order valence-corrected chi connectivity index (χ1v) is 18.8. The van der Waals surface area contributed by atoms with Crippen molar-refractivity contribution in [3.8, 4) is 39.1 Å². The number of fused-ring (bicyclic) bond motifs is 9. The first-order valence-electron chi connectivity index (χ1n) is 18.0. The Labute approximate surface area is 308 Å². The van der Waals surface area contributed by atoms with Gasteiger partial charge in [0.15, 0.2) is 0 Å². The zero-order chi connectivity index (χ0) is 35.5. The van der Waals surface area contributed by atoms with Gasteiger partial charge in [-0.25, -0.2) is 0 Å². The quantitative estimate of drug-likeness (QED) is 0.164. The van der Waals surface area contributed by atoms with Crippen LogP contribution in [0.3, 0.4) is 0 Å². The van der Waals surface area contributed by atoms with Crippen LogP contribution in [0.4, 0.5) is 0 Å². The smallest absolute Gasteiger partial charge is 0.0553 e. The van der Waals surface area contributed by atoms with Gasteiger partial charge in [0.25, 0.3) is 0 Å². The molecule has 2 aliphatic carbocycles. The summed E-state index contributed by atoms with van der Waals surface area (Å²) in [4.78, 5) is 1.16. The Morgan fingerprint density at radius 2 is 1.37 bits per heavy atom. The van der Waals surface area contributed by atoms with Crippen molar-refractivity contribution in [2.24, 2.45) is 0 Å². The summed E-state index contributed by atoms with van der Waals surface area (Å²) in [5.41, 5.74) is 17.4. The molecule has 2 heterocycles. The molecule has 0 radical (unpaired) electrons. The molecule has 0 saturated heterocycles. The number of nitrogens with zero attached hydrogens (tertiary/aromatic N) is 1. The molecule has 0 saturated carbocycles. The highest BCUT2D eigenvalue weighted by Crippen LogP contribution is 2.52. The minimum Gasteiger partial charge on any atom is -0.309 e. The van der Waals surface area contributed by atoms with Crippen LogP contribution in [-0.4, -0.2) is 4.57 Å². The molecule has 2 aromatic heterocycles. The van der Waals surface area contributed by atoms with Crippen molar-refractivity contribution < 1.29 is 0 Å². The molecule has 1 nitrogen and oxygen atoms in total. The van der Waals surface area contributed by atoms with Crippen molar-refractivity contribution in [3.05, 3.63) is 168 Å². The van der Waals surface area contributed by atoms with Crippen LogP contribution in [0.25, 0.3) is 99.5 Å². The van der Waals surface area contributed by atoms with E-state index in [0.29, 0.717) is 0 Å². The fourth-order valence-corrected chi connectivity index (χ4v) is 10.3. The predicted molar refractivity (Wildman–Crippen MR) is 229 cm³/mol. The highest BCUT2D eigenvalue weighted by molar-refractivity contribution is 7.20. The second-order valence-corrected chi connectivity index (χ2v) is 15.6. The van der Waals surface area contributed by atoms with Gasteiger partial charge >= 0.3 is 0 Å². The Bertz CT molecular complexity index is 2990. The van der Waals surface area contributed by atoms with Crippen molar-refractivity contribution in [2.75, 3.05) is 0 Å². The molecule has 2 aliphatic rings. The molecule has 0 unspecified atom stereocenters. The van der Waals surface area contributed by atoms with E-state index in [2.05, 4.69) is 160 Å². The summed E-state index contributed by atoms with van der Waals surface area (Å²) < 4.78 is 3.76. The van der Waals surface area contributed by atoms with E-state index in [0.717, 1.165) is 10.4 Å². The third-order valence-corrected chi connectivity index (χ3v) is 12.8. The Morgan fingerprint density at radius 1 is 0.615 bits per heavy atom. The predicted octanol–water partition coefficient (Wildman–Crippen LogP) is 14.6. The molecule has 2 heteroatoms. The topological polar surface area (TPSA) is 4.93 Å². The second-order valence-electron chi connectivity index (χ2n) is 14.5. The van der Waals surface area contributed by atoms with E-state index in [-0.39, 0.29) is 5.41 Å². The van der Waals surface area contributed by atoms with Gasteiger partial charge in [0.05, 0.1) is 11.0 Å². The fraction of sp³-hybridized carbons (Fsp3) is 0.0800. The number of thiophene rings is 1. The Hall–Kier alpha value is -5.96. The van der Waals surface area contributed by atoms with Crippen molar-refractivity contribution >= 4 is 71.7 Å². The van der Waals surface area contributed by atoms with E-state index >= 15 is 0 Å². The molecule has 0 atom stereocenters. The maximum atomic E-state index is 4.24. The van der Waals surface area contributed by atoms with E-state index in [4.69, 9.17) is 0 Å². The van der Waals surface area contributed by atoms with Crippen molar-refractivity contribution in [3.63, 3.8) is 0 Å². The number of benzene rings is 6. The molecule has 52 heavy (non-hydrogen) atoms. The molecule has 0 aliphatic heterocycles. The van der Waals surface area contributed by atoms with Gasteiger partial charge < -0.3 is 4.57 Å². The minimum atomic E-state index is -0.168. The molecule has 0 bridgehead atoms. The summed E-state index contributed by atoms with van der Waals surface area (Å²) in [7, 11) is 0. The maximum absolute atomic E-state index is 4.24. The standard InChI is InChI=1S/C50H37NS/c1-7-14-35-36-22-21-31(27-43(36)50(5,6)42(35)9-3)51-44-23-19-29(30-20-24-47-39(25-30)32(8-2)46(10-4)52-47)26-41(44)49-38-18-13-17-37-33-15-11-12-16-34(33)40(48(37)38)28-45(49)51/h7-28H,2-4H2,1,5-6H3/b14-7-. The molecule has 0 N–H and O–H groups in total. The van der Waals surface area contributed by atoms with E-state index in [9.17, 15) is 0 Å². The Kier molecular flexibility index (Phi) is 6.53. The average molecular weight is 684 g/mol. The van der Waals surface area contributed by atoms with Gasteiger partial charge in [-0.3, -0.25) is 0 Å². The monoisotopic (exact) mass is 683 g/mol. The van der Waals surface area contributed by atoms with Crippen LogP contribution in [0.5, 0.6) is 0 Å². The number of hydrogen-bond acceptors (Lipinski definition) is 1. The Morgan fingerprint density at radius 3 is 2.12 bits per heavy atom. The lowest BCUT2D eigenvalue weighted by atomic mass is 9.81. The molecule has 10 rings (SSSR count). The number of rotatable bonds is 6. The molecule has 6 aromatic carbocycles. The van der Waals surface area contributed by atoms with Crippen LogP contribution in [0.15, 0.2) is 147 Å². The lowest BCUT2D eigenvalue weighted by Gasteiger charge is -2.23. The van der Waals surface area contributed by atoms with Gasteiger partial charge in [-0.1, -0.05) is 125 Å². The summed E-state index contributed by atoms with van der Waals surface area (Å²) in [5, 5.41) is 6.42. The van der Waals surface area contributed by atoms with Gasteiger partial charge in [-0.2, -0.15) is 0 Å². The van der Waals surface area contributed by atoms with Crippen LogP contribution in [-0.2, 0) is 5.41 Å². The summed E-state index contributed by atoms with van der Waals surface area (Å²) in [6.07, 6.45) is 10.3. The van der Waals surface area contributed by atoms with Crippen LogP contribution in [0.1, 0.15) is 42.3 Å². The highest BCUT2D eigenvalue weighted by atomic mass is 32.1. The van der Waals surface area contributed by atoms with Crippen LogP contribution in [0.2, 0.25) is 0 Å². The van der Waals surface area contributed by atoms with Gasteiger partial charge in [0.1, 0.15) is 0 Å². The first kappa shape index (κ1) is 30.8. The zero-order valence-corrected chi connectivity index (χ0v) is 30.5. The molecular weight excluding hydrogens is 647 g/mol. The van der Waals surface area contributed by atoms with Gasteiger partial charge in [0, 0.05) is 36.8 Å². The van der Waals surface area contributed by atoms with Gasteiger partial charge in [-0.15, -0.1) is 11.3 Å². The van der Waals surface area contributed by atoms with Gasteiger partial charge in [-0.05, 0) is 121 Å². The van der Waals surface area contributed by atoms with E-state index in [1.807, 2.05) is 18.2 Å². The van der Waals surface area contributed by atoms with E-state index in [1.165, 1.54) is 104 Å². The average Bonchev–Trinajstić information content (AvgIpc) is 3.87. The maximum Gasteiger partial charge on any atom is 0.0553 e. The highest BCUT2D eigenvalue weighted by Gasteiger charge is 2.36. The zero-order valence-electron chi connectivity index (χ0n) is 29.7. The lowest BCUT2D eigenvalue weighted by Crippen LogP contribution is -2.16. The van der Waals surface area contributed by atoms with Gasteiger partial charge in [0.2, 0.25) is 0 Å². The molecule has 0 fully saturated rings. The molecule has 0 spiro atoms. The first-order chi connectivity index (χ1) is 25.4. The Balaban J connectivity index is 1.29. The van der Waals surface area contributed by atoms with E-state index < -0.39 is 0 Å². The van der Waals surface area contributed by atoms with Crippen molar-refractivity contribution in [1.29, 1.82) is 0 Å². The molecular formula is C50H37NS. The summed E-state index contributed by atoms with van der Waals surface area (Å²) in [6, 6.07) is 39.1. The number of aromatic nitrogens is 1. The largest absolute Gasteiger partial charge is 0.309 e. The lowest BCUT2D eigenvalue weighted by molar-refractivity contribution is 0.654. The summed E-state index contributed by atoms with van der Waals surface area (Å²) in [5.74, 6) is 0. The molecule has 8 aromatic rings. The minimum absolute atomic E-state index is 0.168. The number of hydrogen-bond donors (Lipinski definition) is 0. The number of allylic oxidation sites excluding steroid dienone is 5. The third kappa shape index (κ3) is 3.99. The van der Waals surface area contributed by atoms with Crippen LogP contribution < -0.4 is 0 Å². The van der Waals surface area contributed by atoms with Crippen LogP contribution in [0, 0.1) is 0 Å². The fourth-order valence-electron chi connectivity index (χ4n) is 9.28. The van der Waals surface area contributed by atoms with Crippen molar-refractivity contribution in [1.82, 2.24) is 4.57 Å². The van der Waals surface area contributed by atoms with E-state index in [1.54, 1.807) is 11.3 Å². The second kappa shape index (κ2) is 11.0. The summed E-state index contributed by atoms with van der Waals surface area (Å²) in [6.45, 7) is 19.2. The molecule has 248 valence electrons. The normalized spacial score (nSPS) is 14.3.